The van der Waals surface area contributed by atoms with Gasteiger partial charge in [0.2, 0.25) is 5.78 Å². The molecule has 3 heterocycles. The van der Waals surface area contributed by atoms with Crippen LogP contribution in [-0.4, -0.2) is 28.4 Å². The molecule has 164 valence electrons. The molecule has 4 aromatic rings. The van der Waals surface area contributed by atoms with Crippen LogP contribution in [0.2, 0.25) is 0 Å². The van der Waals surface area contributed by atoms with E-state index >= 15 is 0 Å². The van der Waals surface area contributed by atoms with Gasteiger partial charge < -0.3 is 18.8 Å². The molecule has 0 amide bonds. The summed E-state index contributed by atoms with van der Waals surface area (Å²) in [4.78, 5) is 29.2. The van der Waals surface area contributed by atoms with E-state index in [2.05, 4.69) is 16.5 Å². The number of aryl methyl sites for hydroxylation is 1. The molecule has 0 radical (unpaired) electrons. The lowest BCUT2D eigenvalue weighted by molar-refractivity contribution is 0.0734. The van der Waals surface area contributed by atoms with Gasteiger partial charge >= 0.3 is 5.97 Å². The van der Waals surface area contributed by atoms with Crippen LogP contribution in [0.1, 0.15) is 33.2 Å². The van der Waals surface area contributed by atoms with E-state index in [1.807, 2.05) is 24.4 Å². The number of Topliss-reactive ketones (excluding diaryl/α,β-unsaturated/α-hetero) is 1. The molecule has 1 aliphatic rings. The number of hydrogen-bond donors (Lipinski definition) is 0. The van der Waals surface area contributed by atoms with E-state index in [1.54, 1.807) is 49.7 Å². The van der Waals surface area contributed by atoms with Crippen LogP contribution in [0.3, 0.4) is 0 Å². The lowest BCUT2D eigenvalue weighted by Crippen LogP contribution is -2.08. The minimum atomic E-state index is -0.538. The van der Waals surface area contributed by atoms with Gasteiger partial charge in [-0.1, -0.05) is 0 Å². The Bertz CT molecular complexity index is 1420. The molecule has 0 aliphatic carbocycles. The Labute approximate surface area is 189 Å². The van der Waals surface area contributed by atoms with E-state index in [1.165, 1.54) is 6.20 Å². The van der Waals surface area contributed by atoms with Crippen molar-refractivity contribution in [3.05, 3.63) is 89.6 Å². The van der Waals surface area contributed by atoms with Crippen LogP contribution in [0.25, 0.3) is 17.0 Å². The first kappa shape index (κ1) is 20.5. The fourth-order valence-corrected chi connectivity index (χ4v) is 3.83. The molecule has 2 aromatic carbocycles. The third-order valence-electron chi connectivity index (χ3n) is 5.50. The molecule has 1 aliphatic heterocycles. The molecule has 2 aromatic heterocycles. The highest BCUT2D eigenvalue weighted by Gasteiger charge is 2.28. The Hall–Kier alpha value is -4.39. The van der Waals surface area contributed by atoms with Crippen molar-refractivity contribution in [3.8, 4) is 17.2 Å². The zero-order valence-electron chi connectivity index (χ0n) is 18.1. The normalized spacial score (nSPS) is 13.8. The minimum absolute atomic E-state index is 0.207. The Kier molecular flexibility index (Phi) is 5.14. The van der Waals surface area contributed by atoms with Gasteiger partial charge in [0.1, 0.15) is 17.2 Å². The van der Waals surface area contributed by atoms with Gasteiger partial charge in [0.05, 0.1) is 18.2 Å². The van der Waals surface area contributed by atoms with Crippen molar-refractivity contribution in [2.45, 2.75) is 13.5 Å². The van der Waals surface area contributed by atoms with Gasteiger partial charge in [0.15, 0.2) is 5.76 Å². The number of hydrogen-bond acceptors (Lipinski definition) is 6. The number of fused-ring (bicyclic) bond motifs is 2. The molecular weight excluding hydrogens is 420 g/mol. The van der Waals surface area contributed by atoms with Crippen LogP contribution < -0.4 is 14.2 Å². The molecule has 0 saturated heterocycles. The van der Waals surface area contributed by atoms with Gasteiger partial charge in [-0.2, -0.15) is 0 Å². The highest BCUT2D eigenvalue weighted by molar-refractivity contribution is 6.15. The maximum atomic E-state index is 13.0. The van der Waals surface area contributed by atoms with E-state index in [9.17, 15) is 9.59 Å². The number of methoxy groups -OCH3 is 1. The average Bonchev–Trinajstić information content (AvgIpc) is 3.36. The van der Waals surface area contributed by atoms with E-state index in [0.29, 0.717) is 16.9 Å². The van der Waals surface area contributed by atoms with Gasteiger partial charge in [0, 0.05) is 47.7 Å². The molecule has 0 unspecified atom stereocenters. The van der Waals surface area contributed by atoms with Crippen LogP contribution in [0, 0.1) is 0 Å². The number of benzene rings is 2. The largest absolute Gasteiger partial charge is 0.497 e. The van der Waals surface area contributed by atoms with E-state index < -0.39 is 5.97 Å². The fourth-order valence-electron chi connectivity index (χ4n) is 3.83. The summed E-state index contributed by atoms with van der Waals surface area (Å²) < 4.78 is 18.7. The van der Waals surface area contributed by atoms with E-state index in [4.69, 9.17) is 14.2 Å². The molecule has 0 N–H and O–H groups in total. The van der Waals surface area contributed by atoms with Gasteiger partial charge in [0.25, 0.3) is 0 Å². The van der Waals surface area contributed by atoms with Crippen molar-refractivity contribution < 1.29 is 23.8 Å². The number of esters is 1. The molecule has 0 fully saturated rings. The van der Waals surface area contributed by atoms with Crippen molar-refractivity contribution in [1.82, 2.24) is 9.55 Å². The first-order valence-corrected chi connectivity index (χ1v) is 10.4. The summed E-state index contributed by atoms with van der Waals surface area (Å²) >= 11 is 0. The highest BCUT2D eigenvalue weighted by atomic mass is 16.5. The monoisotopic (exact) mass is 440 g/mol. The Balaban J connectivity index is 1.45. The molecule has 0 bridgehead atoms. The number of ether oxygens (including phenoxy) is 3. The van der Waals surface area contributed by atoms with Crippen molar-refractivity contribution in [2.24, 2.45) is 0 Å². The third kappa shape index (κ3) is 3.74. The lowest BCUT2D eigenvalue weighted by Gasteiger charge is -2.05. The smallest absolute Gasteiger partial charge is 0.345 e. The minimum Gasteiger partial charge on any atom is -0.497 e. The van der Waals surface area contributed by atoms with Crippen LogP contribution in [0.4, 0.5) is 0 Å². The number of pyridine rings is 1. The number of aromatic nitrogens is 2. The summed E-state index contributed by atoms with van der Waals surface area (Å²) in [5.74, 6) is 0.806. The molecule has 0 atom stereocenters. The molecule has 7 nitrogen and oxygen atoms in total. The molecule has 5 rings (SSSR count). The zero-order valence-corrected chi connectivity index (χ0v) is 18.1. The van der Waals surface area contributed by atoms with Crippen LogP contribution in [-0.2, 0) is 6.54 Å². The molecule has 0 spiro atoms. The van der Waals surface area contributed by atoms with E-state index in [0.717, 1.165) is 28.8 Å². The third-order valence-corrected chi connectivity index (χ3v) is 5.50. The average molecular weight is 440 g/mol. The summed E-state index contributed by atoms with van der Waals surface area (Å²) in [6.07, 6.45) is 6.72. The summed E-state index contributed by atoms with van der Waals surface area (Å²) in [6, 6.07) is 13.8. The molecular formula is C26H20N2O5. The second-order valence-electron chi connectivity index (χ2n) is 7.48. The van der Waals surface area contributed by atoms with Crippen molar-refractivity contribution in [2.75, 3.05) is 7.11 Å². The summed E-state index contributed by atoms with van der Waals surface area (Å²) in [5.41, 5.74) is 2.64. The number of rotatable bonds is 5. The Morgan fingerprint density at radius 1 is 1.15 bits per heavy atom. The number of carbonyl (C=O) groups excluding carboxylic acids is 2. The quantitative estimate of drug-likeness (QED) is 0.250. The summed E-state index contributed by atoms with van der Waals surface area (Å²) in [6.45, 7) is 2.84. The van der Waals surface area contributed by atoms with Crippen molar-refractivity contribution in [3.63, 3.8) is 0 Å². The number of allylic oxidation sites excluding steroid dienone is 1. The SMILES string of the molecule is CCn1cc(/C=C2\Oc3cc(OC(=O)c4cccnc4)ccc3C2=O)c2cc(OC)ccc21. The summed E-state index contributed by atoms with van der Waals surface area (Å²) in [7, 11) is 1.62. The lowest BCUT2D eigenvalue weighted by atomic mass is 10.1. The number of nitrogens with zero attached hydrogens (tertiary/aromatic N) is 2. The maximum Gasteiger partial charge on any atom is 0.345 e. The molecule has 33 heavy (non-hydrogen) atoms. The first-order chi connectivity index (χ1) is 16.1. The van der Waals surface area contributed by atoms with Gasteiger partial charge in [-0.05, 0) is 55.5 Å². The first-order valence-electron chi connectivity index (χ1n) is 10.4. The maximum absolute atomic E-state index is 13.0. The number of ketones is 1. The van der Waals surface area contributed by atoms with Crippen molar-refractivity contribution >= 4 is 28.7 Å². The standard InChI is InChI=1S/C26H20N2O5/c1-3-28-15-17(21-12-18(31-2)7-9-22(21)28)11-24-25(29)20-8-6-19(13-23(20)33-24)32-26(30)16-5-4-10-27-14-16/h4-15H,3H2,1-2H3/b24-11-. The predicted octanol–water partition coefficient (Wildman–Crippen LogP) is 4.90. The highest BCUT2D eigenvalue weighted by Crippen LogP contribution is 2.36. The van der Waals surface area contributed by atoms with Crippen LogP contribution in [0.5, 0.6) is 17.2 Å². The van der Waals surface area contributed by atoms with Gasteiger partial charge in [-0.3, -0.25) is 9.78 Å². The topological polar surface area (TPSA) is 79.7 Å². The van der Waals surface area contributed by atoms with E-state index in [-0.39, 0.29) is 17.3 Å². The molecule has 7 heteroatoms. The fraction of sp³-hybridized carbons (Fsp3) is 0.115. The Morgan fingerprint density at radius 2 is 2.00 bits per heavy atom. The molecule has 0 saturated carbocycles. The Morgan fingerprint density at radius 3 is 2.76 bits per heavy atom. The zero-order chi connectivity index (χ0) is 22.9. The summed E-state index contributed by atoms with van der Waals surface area (Å²) in [5, 5.41) is 0.960. The van der Waals surface area contributed by atoms with Gasteiger partial charge in [-0.15, -0.1) is 0 Å². The van der Waals surface area contributed by atoms with Crippen molar-refractivity contribution in [1.29, 1.82) is 0 Å². The predicted molar refractivity (Wildman–Crippen MR) is 123 cm³/mol. The number of carbonyl (C=O) groups is 2. The second-order valence-corrected chi connectivity index (χ2v) is 7.48. The van der Waals surface area contributed by atoms with Crippen LogP contribution in [0.15, 0.2) is 72.9 Å². The van der Waals surface area contributed by atoms with Crippen LogP contribution >= 0.6 is 0 Å². The second kappa shape index (κ2) is 8.27. The van der Waals surface area contributed by atoms with Gasteiger partial charge in [-0.25, -0.2) is 4.79 Å².